The highest BCUT2D eigenvalue weighted by atomic mass is 16.3. The first-order valence-corrected chi connectivity index (χ1v) is 4.04. The summed E-state index contributed by atoms with van der Waals surface area (Å²) in [7, 11) is 4.99. The molecule has 3 N–H and O–H groups in total. The van der Waals surface area contributed by atoms with Gasteiger partial charge in [-0.2, -0.15) is 0 Å². The van der Waals surface area contributed by atoms with Gasteiger partial charge < -0.3 is 15.3 Å². The highest BCUT2D eigenvalue weighted by molar-refractivity contribution is 6.35. The van der Waals surface area contributed by atoms with Crippen LogP contribution in [0.5, 0.6) is 0 Å². The first-order chi connectivity index (χ1) is 5.91. The van der Waals surface area contributed by atoms with Crippen molar-refractivity contribution in [1.29, 1.82) is 0 Å². The van der Waals surface area contributed by atoms with Crippen LogP contribution in [0.15, 0.2) is 34.2 Å². The van der Waals surface area contributed by atoms with E-state index in [9.17, 15) is 10.2 Å². The largest absolute Gasteiger partial charge is 0.510 e. The van der Waals surface area contributed by atoms with Crippen molar-refractivity contribution in [3.63, 3.8) is 0 Å². The molecule has 0 aliphatic carbocycles. The van der Waals surface area contributed by atoms with Crippen molar-refractivity contribution in [3.05, 3.63) is 34.2 Å². The first-order valence-electron chi connectivity index (χ1n) is 4.04. The summed E-state index contributed by atoms with van der Waals surface area (Å²) in [6.07, 6.45) is 0. The van der Waals surface area contributed by atoms with Crippen LogP contribution in [-0.2, 0) is 0 Å². The van der Waals surface area contributed by atoms with Crippen molar-refractivity contribution >= 4 is 23.5 Å². The molecule has 0 fully saturated rings. The summed E-state index contributed by atoms with van der Waals surface area (Å²) >= 11 is 0. The van der Waals surface area contributed by atoms with Gasteiger partial charge in [0.25, 0.3) is 0 Å². The molecule has 0 aromatic carbocycles. The van der Waals surface area contributed by atoms with Crippen molar-refractivity contribution in [2.75, 3.05) is 0 Å². The van der Waals surface area contributed by atoms with Gasteiger partial charge in [-0.1, -0.05) is 11.4 Å². The number of rotatable bonds is 2. The van der Waals surface area contributed by atoms with E-state index in [1.54, 1.807) is 23.5 Å². The molecule has 0 aliphatic rings. The van der Waals surface area contributed by atoms with E-state index in [4.69, 9.17) is 5.11 Å². The van der Waals surface area contributed by atoms with Crippen molar-refractivity contribution < 1.29 is 15.3 Å². The van der Waals surface area contributed by atoms with E-state index < -0.39 is 0 Å². The maximum Gasteiger partial charge on any atom is 0.145 e. The van der Waals surface area contributed by atoms with Crippen LogP contribution >= 0.6 is 0 Å². The topological polar surface area (TPSA) is 60.7 Å². The fourth-order valence-corrected chi connectivity index (χ4v) is 0.858. The number of aliphatic hydroxyl groups excluding tert-OH is 3. The third-order valence-electron chi connectivity index (χ3n) is 1.92. The van der Waals surface area contributed by atoms with Gasteiger partial charge in [0.1, 0.15) is 35.1 Å². The second-order valence-electron chi connectivity index (χ2n) is 2.86. The highest BCUT2D eigenvalue weighted by Gasteiger charge is 2.06. The molecular weight excluding hydrogens is 165 g/mol. The van der Waals surface area contributed by atoms with E-state index in [0.29, 0.717) is 10.9 Å². The zero-order valence-corrected chi connectivity index (χ0v) is 8.42. The Morgan fingerprint density at radius 1 is 1.08 bits per heavy atom. The number of hydrogen-bond acceptors (Lipinski definition) is 3. The Labute approximate surface area is 80.7 Å². The second kappa shape index (κ2) is 4.75. The summed E-state index contributed by atoms with van der Waals surface area (Å²) < 4.78 is 0. The van der Waals surface area contributed by atoms with Crippen molar-refractivity contribution in [2.45, 2.75) is 6.92 Å². The van der Waals surface area contributed by atoms with Gasteiger partial charge in [-0.3, -0.25) is 0 Å². The van der Waals surface area contributed by atoms with Gasteiger partial charge >= 0.3 is 0 Å². The lowest BCUT2D eigenvalue weighted by Gasteiger charge is -2.07. The monoisotopic (exact) mass is 178 g/mol. The van der Waals surface area contributed by atoms with Gasteiger partial charge in [0.2, 0.25) is 0 Å². The molecule has 0 aromatic heterocycles. The summed E-state index contributed by atoms with van der Waals surface area (Å²) in [5.74, 6) is 1.29. The minimum absolute atomic E-state index is 0.102. The second-order valence-corrected chi connectivity index (χ2v) is 2.86. The lowest BCUT2D eigenvalue weighted by Crippen LogP contribution is -2.01. The smallest absolute Gasteiger partial charge is 0.145 e. The summed E-state index contributed by atoms with van der Waals surface area (Å²) in [5.41, 5.74) is 1.02. The molecule has 0 amide bonds. The predicted molar refractivity (Wildman–Crippen MR) is 61.3 cm³/mol. The van der Waals surface area contributed by atoms with E-state index in [1.165, 1.54) is 12.9 Å². The Balaban J connectivity index is 5.17. The Morgan fingerprint density at radius 2 is 1.54 bits per heavy atom. The molecule has 0 aromatic rings. The lowest BCUT2D eigenvalue weighted by atomic mass is 9.77. The summed E-state index contributed by atoms with van der Waals surface area (Å²) in [5, 5.41) is 27.6. The van der Waals surface area contributed by atoms with Crippen LogP contribution in [0.2, 0.25) is 0 Å². The minimum Gasteiger partial charge on any atom is -0.510 e. The van der Waals surface area contributed by atoms with Crippen LogP contribution in [0.3, 0.4) is 0 Å². The average molecular weight is 178 g/mol. The Morgan fingerprint density at radius 3 is 1.85 bits per heavy atom. The third kappa shape index (κ3) is 2.97. The standard InChI is InChI=1S/C7H13B3O3/c1-3(11)7(13)6(10)5(9)4(12)2-8/h2,11-13H,8-10H2,1H3/b4-2-,6-5-,7-3-. The minimum atomic E-state index is -0.189. The van der Waals surface area contributed by atoms with Crippen LogP contribution in [0, 0.1) is 0 Å². The van der Waals surface area contributed by atoms with Crippen molar-refractivity contribution in [1.82, 2.24) is 0 Å². The number of hydrogen-bond donors (Lipinski definition) is 3. The van der Waals surface area contributed by atoms with Gasteiger partial charge in [-0.15, -0.1) is 0 Å². The maximum absolute atomic E-state index is 9.34. The fourth-order valence-electron chi connectivity index (χ4n) is 0.858. The van der Waals surface area contributed by atoms with Crippen LogP contribution in [0.4, 0.5) is 0 Å². The third-order valence-corrected chi connectivity index (χ3v) is 1.92. The van der Waals surface area contributed by atoms with Gasteiger partial charge in [0.15, 0.2) is 0 Å². The Kier molecular flexibility index (Phi) is 4.31. The molecule has 0 heterocycles. The zero-order valence-electron chi connectivity index (χ0n) is 8.42. The van der Waals surface area contributed by atoms with Crippen molar-refractivity contribution in [2.24, 2.45) is 0 Å². The molecule has 6 heteroatoms. The number of allylic oxidation sites excluding steroid dienone is 3. The van der Waals surface area contributed by atoms with Crippen molar-refractivity contribution in [3.8, 4) is 0 Å². The fraction of sp³-hybridized carbons (Fsp3) is 0.143. The molecule has 0 saturated heterocycles. The van der Waals surface area contributed by atoms with Gasteiger partial charge in [-0.25, -0.2) is 0 Å². The molecule has 0 bridgehead atoms. The van der Waals surface area contributed by atoms with Gasteiger partial charge in [-0.05, 0) is 12.4 Å². The van der Waals surface area contributed by atoms with Crippen LogP contribution in [0.25, 0.3) is 0 Å². The van der Waals surface area contributed by atoms with Crippen LogP contribution < -0.4 is 0 Å². The molecule has 0 atom stereocenters. The molecule has 13 heavy (non-hydrogen) atoms. The molecule has 0 radical (unpaired) electrons. The predicted octanol–water partition coefficient (Wildman–Crippen LogP) is -1.16. The van der Waals surface area contributed by atoms with Crippen LogP contribution in [-0.4, -0.2) is 38.9 Å². The summed E-state index contributed by atoms with van der Waals surface area (Å²) in [6.45, 7) is 1.39. The lowest BCUT2D eigenvalue weighted by molar-refractivity contribution is 0.337. The average Bonchev–Trinajstić information content (AvgIpc) is 2.12. The molecule has 0 rings (SSSR count). The first kappa shape index (κ1) is 11.8. The van der Waals surface area contributed by atoms with Crippen LogP contribution in [0.1, 0.15) is 6.92 Å². The quantitative estimate of drug-likeness (QED) is 0.284. The maximum atomic E-state index is 9.34. The Hall–Kier alpha value is -1.19. The Bertz CT molecular complexity index is 287. The van der Waals surface area contributed by atoms with E-state index in [2.05, 4.69) is 0 Å². The molecular formula is C7H13B3O3. The molecule has 0 spiro atoms. The summed E-state index contributed by atoms with van der Waals surface area (Å²) in [4.78, 5) is 0. The van der Waals surface area contributed by atoms with Gasteiger partial charge in [0.05, 0.1) is 5.76 Å². The normalized spacial score (nSPS) is 16.2. The molecule has 3 nitrogen and oxygen atoms in total. The van der Waals surface area contributed by atoms with E-state index in [-0.39, 0.29) is 17.3 Å². The highest BCUT2D eigenvalue weighted by Crippen LogP contribution is 2.13. The molecule has 0 unspecified atom stereocenters. The number of aliphatic hydroxyl groups is 3. The molecule has 0 saturated carbocycles. The molecule has 0 aliphatic heterocycles. The zero-order chi connectivity index (χ0) is 10.6. The van der Waals surface area contributed by atoms with E-state index in [0.717, 1.165) is 0 Å². The summed E-state index contributed by atoms with van der Waals surface area (Å²) in [6, 6.07) is 0. The SMILES string of the molecule is B/C=C(O)/C(B)=C(B)\C(O)=C(/C)O. The van der Waals surface area contributed by atoms with E-state index >= 15 is 0 Å². The van der Waals surface area contributed by atoms with Gasteiger partial charge in [0, 0.05) is 0 Å². The molecule has 68 valence electrons. The van der Waals surface area contributed by atoms with E-state index in [1.807, 2.05) is 0 Å².